The lowest BCUT2D eigenvalue weighted by molar-refractivity contribution is 0.272. The zero-order valence-electron chi connectivity index (χ0n) is 10.9. The van der Waals surface area contributed by atoms with E-state index in [1.165, 1.54) is 6.26 Å². The molecule has 0 aliphatic carbocycles. The molecule has 5 nitrogen and oxygen atoms in total. The quantitative estimate of drug-likeness (QED) is 0.813. The van der Waals surface area contributed by atoms with Gasteiger partial charge in [-0.15, -0.1) is 0 Å². The van der Waals surface area contributed by atoms with Gasteiger partial charge in [0, 0.05) is 49.6 Å². The van der Waals surface area contributed by atoms with Crippen LogP contribution in [-0.4, -0.2) is 63.0 Å². The van der Waals surface area contributed by atoms with Crippen molar-refractivity contribution in [2.45, 2.75) is 0 Å². The largest absolute Gasteiger partial charge is 0.368 e. The highest BCUT2D eigenvalue weighted by molar-refractivity contribution is 9.10. The third-order valence-corrected chi connectivity index (χ3v) is 4.56. The summed E-state index contributed by atoms with van der Waals surface area (Å²) < 4.78 is 23.3. The van der Waals surface area contributed by atoms with Crippen LogP contribution in [0.3, 0.4) is 0 Å². The van der Waals surface area contributed by atoms with E-state index in [1.54, 1.807) is 6.20 Å². The Kier molecular flexibility index (Phi) is 4.81. The summed E-state index contributed by atoms with van der Waals surface area (Å²) in [7, 11) is -2.87. The highest BCUT2D eigenvalue weighted by Crippen LogP contribution is 2.19. The molecule has 0 spiro atoms. The second-order valence-corrected chi connectivity index (χ2v) is 8.00. The van der Waals surface area contributed by atoms with Crippen LogP contribution < -0.4 is 4.90 Å². The van der Waals surface area contributed by atoms with Crippen molar-refractivity contribution in [1.29, 1.82) is 0 Å². The summed E-state index contributed by atoms with van der Waals surface area (Å²) in [5, 5.41) is 0. The van der Waals surface area contributed by atoms with Crippen molar-refractivity contribution in [3.05, 3.63) is 22.9 Å². The molecule has 1 aromatic heterocycles. The maximum atomic E-state index is 11.1. The van der Waals surface area contributed by atoms with E-state index in [0.717, 1.165) is 36.3 Å². The summed E-state index contributed by atoms with van der Waals surface area (Å²) in [4.78, 5) is 8.64. The summed E-state index contributed by atoms with van der Waals surface area (Å²) in [5.74, 6) is 0.242. The van der Waals surface area contributed by atoms with Crippen LogP contribution in [0.1, 0.15) is 0 Å². The number of sulfone groups is 1. The van der Waals surface area contributed by atoms with Gasteiger partial charge in [0.15, 0.2) is 0 Å². The maximum Gasteiger partial charge on any atom is 0.148 e. The lowest BCUT2D eigenvalue weighted by Crippen LogP contribution is -2.47. The molecule has 0 radical (unpaired) electrons. The Bertz CT molecular complexity index is 528. The summed E-state index contributed by atoms with van der Waals surface area (Å²) in [6.07, 6.45) is 4.92. The second kappa shape index (κ2) is 6.19. The van der Waals surface area contributed by atoms with Crippen molar-refractivity contribution < 1.29 is 8.42 Å². The maximum absolute atomic E-state index is 11.1. The lowest BCUT2D eigenvalue weighted by Gasteiger charge is -2.35. The first-order valence-corrected chi connectivity index (χ1v) is 9.05. The average Bonchev–Trinajstić information content (AvgIpc) is 2.36. The number of hydrogen-bond donors (Lipinski definition) is 0. The van der Waals surface area contributed by atoms with Gasteiger partial charge in [0.25, 0.3) is 0 Å². The van der Waals surface area contributed by atoms with E-state index in [-0.39, 0.29) is 5.75 Å². The molecule has 1 fully saturated rings. The standard InChI is InChI=1S/C12H18BrN3O2S/c1-19(17,18)7-6-15-2-4-16(5-3-15)12-8-11(13)9-14-10-12/h8-10H,2-7H2,1H3. The molecule has 1 saturated heterocycles. The minimum atomic E-state index is -2.87. The first kappa shape index (κ1) is 14.7. The third kappa shape index (κ3) is 4.74. The van der Waals surface area contributed by atoms with Crippen LogP contribution in [0.15, 0.2) is 22.9 Å². The lowest BCUT2D eigenvalue weighted by atomic mass is 10.3. The monoisotopic (exact) mass is 347 g/mol. The van der Waals surface area contributed by atoms with Crippen molar-refractivity contribution in [2.24, 2.45) is 0 Å². The minimum absolute atomic E-state index is 0.242. The Morgan fingerprint density at radius 3 is 2.53 bits per heavy atom. The highest BCUT2D eigenvalue weighted by atomic mass is 79.9. The first-order valence-electron chi connectivity index (χ1n) is 6.20. The van der Waals surface area contributed by atoms with E-state index in [1.807, 2.05) is 6.20 Å². The fourth-order valence-electron chi connectivity index (χ4n) is 2.10. The molecule has 0 unspecified atom stereocenters. The number of hydrogen-bond acceptors (Lipinski definition) is 5. The molecule has 7 heteroatoms. The predicted octanol–water partition coefficient (Wildman–Crippen LogP) is 1.01. The van der Waals surface area contributed by atoms with Gasteiger partial charge < -0.3 is 4.90 Å². The normalized spacial score (nSPS) is 17.7. The molecule has 106 valence electrons. The van der Waals surface area contributed by atoms with Crippen molar-refractivity contribution in [3.8, 4) is 0 Å². The molecule has 19 heavy (non-hydrogen) atoms. The zero-order valence-corrected chi connectivity index (χ0v) is 13.3. The molecule has 2 rings (SSSR count). The van der Waals surface area contributed by atoms with E-state index < -0.39 is 9.84 Å². The van der Waals surface area contributed by atoms with E-state index in [2.05, 4.69) is 36.8 Å². The number of pyridine rings is 1. The van der Waals surface area contributed by atoms with Crippen LogP contribution in [-0.2, 0) is 9.84 Å². The van der Waals surface area contributed by atoms with Crippen molar-refractivity contribution >= 4 is 31.5 Å². The van der Waals surface area contributed by atoms with Crippen LogP contribution >= 0.6 is 15.9 Å². The van der Waals surface area contributed by atoms with E-state index in [4.69, 9.17) is 0 Å². The highest BCUT2D eigenvalue weighted by Gasteiger charge is 2.18. The molecule has 0 amide bonds. The molecule has 0 saturated carbocycles. The second-order valence-electron chi connectivity index (χ2n) is 4.82. The van der Waals surface area contributed by atoms with Gasteiger partial charge in [0.1, 0.15) is 9.84 Å². The minimum Gasteiger partial charge on any atom is -0.368 e. The zero-order chi connectivity index (χ0) is 13.9. The molecule has 0 aromatic carbocycles. The Hall–Kier alpha value is -0.660. The SMILES string of the molecule is CS(=O)(=O)CCN1CCN(c2cncc(Br)c2)CC1. The van der Waals surface area contributed by atoms with E-state index in [9.17, 15) is 8.42 Å². The Morgan fingerprint density at radius 1 is 1.26 bits per heavy atom. The molecule has 1 aromatic rings. The van der Waals surface area contributed by atoms with E-state index in [0.29, 0.717) is 6.54 Å². The van der Waals surface area contributed by atoms with Gasteiger partial charge >= 0.3 is 0 Å². The molecule has 0 N–H and O–H groups in total. The molecule has 1 aliphatic rings. The van der Waals surface area contributed by atoms with Crippen molar-refractivity contribution in [2.75, 3.05) is 49.6 Å². The number of piperazine rings is 1. The average molecular weight is 348 g/mol. The molecular weight excluding hydrogens is 330 g/mol. The molecule has 0 atom stereocenters. The van der Waals surface area contributed by atoms with Crippen molar-refractivity contribution in [3.63, 3.8) is 0 Å². The third-order valence-electron chi connectivity index (χ3n) is 3.21. The molecule has 2 heterocycles. The summed E-state index contributed by atoms with van der Waals surface area (Å²) in [6.45, 7) is 4.22. The van der Waals surface area contributed by atoms with Gasteiger partial charge in [-0.25, -0.2) is 8.42 Å². The van der Waals surface area contributed by atoms with Crippen LogP contribution in [0.2, 0.25) is 0 Å². The Labute approximate surface area is 122 Å². The Morgan fingerprint density at radius 2 is 1.95 bits per heavy atom. The van der Waals surface area contributed by atoms with Crippen LogP contribution in [0, 0.1) is 0 Å². The van der Waals surface area contributed by atoms with Gasteiger partial charge in [-0.3, -0.25) is 9.88 Å². The fraction of sp³-hybridized carbons (Fsp3) is 0.583. The molecular formula is C12H18BrN3O2S. The Balaban J connectivity index is 1.86. The van der Waals surface area contributed by atoms with Crippen LogP contribution in [0.4, 0.5) is 5.69 Å². The van der Waals surface area contributed by atoms with Crippen LogP contribution in [0.25, 0.3) is 0 Å². The smallest absolute Gasteiger partial charge is 0.148 e. The van der Waals surface area contributed by atoms with Crippen molar-refractivity contribution in [1.82, 2.24) is 9.88 Å². The van der Waals surface area contributed by atoms with Gasteiger partial charge in [-0.1, -0.05) is 0 Å². The van der Waals surface area contributed by atoms with Gasteiger partial charge in [0.05, 0.1) is 17.6 Å². The molecule has 1 aliphatic heterocycles. The number of anilines is 1. The summed E-state index contributed by atoms with van der Waals surface area (Å²) in [6, 6.07) is 2.05. The fourth-order valence-corrected chi connectivity index (χ4v) is 3.04. The first-order chi connectivity index (χ1) is 8.94. The van der Waals surface area contributed by atoms with E-state index >= 15 is 0 Å². The van der Waals surface area contributed by atoms with Gasteiger partial charge in [-0.05, 0) is 22.0 Å². The molecule has 0 bridgehead atoms. The van der Waals surface area contributed by atoms with Gasteiger partial charge in [-0.2, -0.15) is 0 Å². The number of halogens is 1. The number of rotatable bonds is 4. The number of nitrogens with zero attached hydrogens (tertiary/aromatic N) is 3. The summed E-state index contributed by atoms with van der Waals surface area (Å²) >= 11 is 3.42. The van der Waals surface area contributed by atoms with Gasteiger partial charge in [0.2, 0.25) is 0 Å². The summed E-state index contributed by atoms with van der Waals surface area (Å²) in [5.41, 5.74) is 1.11. The predicted molar refractivity (Wildman–Crippen MR) is 80.3 cm³/mol. The van der Waals surface area contributed by atoms with Crippen LogP contribution in [0.5, 0.6) is 0 Å². The topological polar surface area (TPSA) is 53.5 Å². The number of aromatic nitrogens is 1.